The van der Waals surface area contributed by atoms with Crippen molar-refractivity contribution in [3.63, 3.8) is 0 Å². The summed E-state index contributed by atoms with van der Waals surface area (Å²) in [5.41, 5.74) is 0. The van der Waals surface area contributed by atoms with Crippen LogP contribution in [0.5, 0.6) is 0 Å². The smallest absolute Gasteiger partial charge is 0.266 e. The van der Waals surface area contributed by atoms with Gasteiger partial charge in [0, 0.05) is 12.1 Å². The maximum atomic E-state index is 13.4. The minimum Gasteiger partial charge on any atom is -0.360 e. The van der Waals surface area contributed by atoms with Gasteiger partial charge in [-0.15, -0.1) is 0 Å². The molecule has 0 amide bonds. The number of nitrogens with one attached hydrogen (secondary N) is 1. The van der Waals surface area contributed by atoms with Crippen LogP contribution in [0.3, 0.4) is 0 Å². The van der Waals surface area contributed by atoms with E-state index in [1.165, 1.54) is 6.07 Å². The van der Waals surface area contributed by atoms with Crippen LogP contribution in [0.4, 0.5) is 14.6 Å². The summed E-state index contributed by atoms with van der Waals surface area (Å²) in [5.74, 6) is -1.71. The SMILES string of the molecule is Cc1cc(NS(=O)(=O)c2ccc(F)cc2F)no1. The van der Waals surface area contributed by atoms with Gasteiger partial charge >= 0.3 is 0 Å². The molecule has 0 saturated carbocycles. The molecule has 0 saturated heterocycles. The molecule has 5 nitrogen and oxygen atoms in total. The summed E-state index contributed by atoms with van der Waals surface area (Å²) >= 11 is 0. The first kappa shape index (κ1) is 12.5. The lowest BCUT2D eigenvalue weighted by Gasteiger charge is -2.05. The van der Waals surface area contributed by atoms with Gasteiger partial charge in [0.15, 0.2) is 5.82 Å². The van der Waals surface area contributed by atoms with E-state index in [-0.39, 0.29) is 5.82 Å². The van der Waals surface area contributed by atoms with E-state index in [1.54, 1.807) is 6.92 Å². The molecule has 0 aliphatic rings. The molecule has 1 N–H and O–H groups in total. The zero-order chi connectivity index (χ0) is 13.3. The van der Waals surface area contributed by atoms with Crippen LogP contribution in [0.2, 0.25) is 0 Å². The average molecular weight is 274 g/mol. The van der Waals surface area contributed by atoms with E-state index in [1.807, 2.05) is 4.72 Å². The monoisotopic (exact) mass is 274 g/mol. The van der Waals surface area contributed by atoms with Crippen LogP contribution in [-0.4, -0.2) is 13.6 Å². The molecule has 0 bridgehead atoms. The first-order valence-electron chi connectivity index (χ1n) is 4.80. The molecule has 0 aliphatic carbocycles. The highest BCUT2D eigenvalue weighted by molar-refractivity contribution is 7.92. The fourth-order valence-corrected chi connectivity index (χ4v) is 2.34. The van der Waals surface area contributed by atoms with Crippen molar-refractivity contribution in [2.45, 2.75) is 11.8 Å². The normalized spacial score (nSPS) is 11.5. The largest absolute Gasteiger partial charge is 0.360 e. The molecule has 1 aromatic carbocycles. The van der Waals surface area contributed by atoms with Gasteiger partial charge in [-0.05, 0) is 19.1 Å². The third-order valence-electron chi connectivity index (χ3n) is 2.05. The van der Waals surface area contributed by atoms with Crippen molar-refractivity contribution in [3.05, 3.63) is 41.7 Å². The Morgan fingerprint density at radius 2 is 2.00 bits per heavy atom. The minimum atomic E-state index is -4.16. The predicted molar refractivity (Wildman–Crippen MR) is 58.4 cm³/mol. The molecular formula is C10H8F2N2O3S. The summed E-state index contributed by atoms with van der Waals surface area (Å²) < 4.78 is 56.3. The van der Waals surface area contributed by atoms with Crippen LogP contribution in [0, 0.1) is 18.6 Å². The molecule has 0 spiro atoms. The number of anilines is 1. The second-order valence-corrected chi connectivity index (χ2v) is 5.15. The van der Waals surface area contributed by atoms with Crippen LogP contribution in [0.25, 0.3) is 0 Å². The molecule has 2 aromatic rings. The van der Waals surface area contributed by atoms with E-state index in [4.69, 9.17) is 0 Å². The summed E-state index contributed by atoms with van der Waals surface area (Å²) in [6.45, 7) is 1.57. The Balaban J connectivity index is 2.36. The topological polar surface area (TPSA) is 72.2 Å². The number of benzene rings is 1. The lowest BCUT2D eigenvalue weighted by Crippen LogP contribution is -2.14. The van der Waals surface area contributed by atoms with E-state index < -0.39 is 26.6 Å². The fourth-order valence-electron chi connectivity index (χ4n) is 1.30. The Kier molecular flexibility index (Phi) is 3.04. The highest BCUT2D eigenvalue weighted by Gasteiger charge is 2.20. The lowest BCUT2D eigenvalue weighted by atomic mass is 10.3. The van der Waals surface area contributed by atoms with Crippen LogP contribution in [0.1, 0.15) is 5.76 Å². The van der Waals surface area contributed by atoms with Gasteiger partial charge in [0.25, 0.3) is 10.0 Å². The number of hydrogen-bond acceptors (Lipinski definition) is 4. The second-order valence-electron chi connectivity index (χ2n) is 3.50. The van der Waals surface area contributed by atoms with Crippen molar-refractivity contribution in [3.8, 4) is 0 Å². The number of aryl methyl sites for hydroxylation is 1. The number of hydrogen-bond donors (Lipinski definition) is 1. The first-order chi connectivity index (χ1) is 8.38. The van der Waals surface area contributed by atoms with Crippen molar-refractivity contribution < 1.29 is 21.7 Å². The zero-order valence-corrected chi connectivity index (χ0v) is 9.96. The summed E-state index contributed by atoms with van der Waals surface area (Å²) in [5, 5.41) is 3.41. The molecule has 0 radical (unpaired) electrons. The van der Waals surface area contributed by atoms with E-state index in [9.17, 15) is 17.2 Å². The number of sulfonamides is 1. The summed E-state index contributed by atoms with van der Waals surface area (Å²) in [4.78, 5) is -0.662. The Morgan fingerprint density at radius 3 is 2.56 bits per heavy atom. The van der Waals surface area contributed by atoms with Gasteiger partial charge in [0.2, 0.25) is 0 Å². The van der Waals surface area contributed by atoms with Crippen molar-refractivity contribution in [2.24, 2.45) is 0 Å². The molecule has 18 heavy (non-hydrogen) atoms. The lowest BCUT2D eigenvalue weighted by molar-refractivity contribution is 0.400. The maximum absolute atomic E-state index is 13.4. The third kappa shape index (κ3) is 2.48. The van der Waals surface area contributed by atoms with Gasteiger partial charge in [0.05, 0.1) is 0 Å². The third-order valence-corrected chi connectivity index (χ3v) is 3.44. The van der Waals surface area contributed by atoms with Crippen molar-refractivity contribution in [2.75, 3.05) is 4.72 Å². The van der Waals surface area contributed by atoms with Crippen molar-refractivity contribution in [1.82, 2.24) is 5.16 Å². The standard InChI is InChI=1S/C10H8F2N2O3S/c1-6-4-10(13-17-6)14-18(15,16)9-3-2-7(11)5-8(9)12/h2-5H,1H3,(H,13,14). The number of nitrogens with zero attached hydrogens (tertiary/aromatic N) is 1. The van der Waals surface area contributed by atoms with E-state index >= 15 is 0 Å². The van der Waals surface area contributed by atoms with E-state index in [2.05, 4.69) is 9.68 Å². The Bertz CT molecular complexity index is 682. The molecular weight excluding hydrogens is 266 g/mol. The molecule has 0 aliphatic heterocycles. The summed E-state index contributed by atoms with van der Waals surface area (Å²) in [6.07, 6.45) is 0. The van der Waals surface area contributed by atoms with Crippen molar-refractivity contribution >= 4 is 15.8 Å². The molecule has 2 rings (SSSR count). The molecule has 0 unspecified atom stereocenters. The van der Waals surface area contributed by atoms with Gasteiger partial charge in [0.1, 0.15) is 22.3 Å². The van der Waals surface area contributed by atoms with E-state index in [0.717, 1.165) is 12.1 Å². The van der Waals surface area contributed by atoms with Gasteiger partial charge in [-0.25, -0.2) is 17.2 Å². The Morgan fingerprint density at radius 1 is 1.28 bits per heavy atom. The highest BCUT2D eigenvalue weighted by Crippen LogP contribution is 2.19. The second kappa shape index (κ2) is 4.37. The van der Waals surface area contributed by atoms with Gasteiger partial charge in [-0.1, -0.05) is 5.16 Å². The summed E-state index contributed by atoms with van der Waals surface area (Å²) in [7, 11) is -4.16. The molecule has 0 atom stereocenters. The number of halogens is 2. The summed E-state index contributed by atoms with van der Waals surface area (Å²) in [6, 6.07) is 3.51. The number of rotatable bonds is 3. The fraction of sp³-hybridized carbons (Fsp3) is 0.100. The molecule has 1 aromatic heterocycles. The van der Waals surface area contributed by atoms with Crippen LogP contribution < -0.4 is 4.72 Å². The maximum Gasteiger partial charge on any atom is 0.266 e. The highest BCUT2D eigenvalue weighted by atomic mass is 32.2. The van der Waals surface area contributed by atoms with Crippen LogP contribution >= 0.6 is 0 Å². The minimum absolute atomic E-state index is 0.0729. The Hall–Kier alpha value is -1.96. The first-order valence-corrected chi connectivity index (χ1v) is 6.28. The molecule has 96 valence electrons. The predicted octanol–water partition coefficient (Wildman–Crippen LogP) is 2.06. The van der Waals surface area contributed by atoms with Crippen LogP contribution in [0.15, 0.2) is 33.7 Å². The van der Waals surface area contributed by atoms with Gasteiger partial charge in [-0.2, -0.15) is 0 Å². The molecule has 1 heterocycles. The van der Waals surface area contributed by atoms with Crippen LogP contribution in [-0.2, 0) is 10.0 Å². The quantitative estimate of drug-likeness (QED) is 0.929. The van der Waals surface area contributed by atoms with Gasteiger partial charge < -0.3 is 4.52 Å². The number of aromatic nitrogens is 1. The zero-order valence-electron chi connectivity index (χ0n) is 9.15. The van der Waals surface area contributed by atoms with Crippen molar-refractivity contribution in [1.29, 1.82) is 0 Å². The molecule has 8 heteroatoms. The Labute approximate surface area is 101 Å². The van der Waals surface area contributed by atoms with E-state index in [0.29, 0.717) is 11.8 Å². The average Bonchev–Trinajstić information content (AvgIpc) is 2.62. The molecule has 0 fully saturated rings. The van der Waals surface area contributed by atoms with Gasteiger partial charge in [-0.3, -0.25) is 4.72 Å².